The molecule has 0 unspecified atom stereocenters. The van der Waals surface area contributed by atoms with E-state index in [1.54, 1.807) is 0 Å². The maximum atomic E-state index is 3.63. The van der Waals surface area contributed by atoms with E-state index in [1.807, 2.05) is 0 Å². The summed E-state index contributed by atoms with van der Waals surface area (Å²) in [4.78, 5) is 0. The SMILES string of the molecule is CC(C)NCC1(C[Si](C)(C)C)CCC1. The fraction of sp³-hybridized carbons (Fsp3) is 1.00. The minimum absolute atomic E-state index is 0.647. The van der Waals surface area contributed by atoms with Crippen LogP contribution in [0.25, 0.3) is 0 Å². The Balaban J connectivity index is 2.42. The largest absolute Gasteiger partial charge is 0.314 e. The molecular formula is C12H27NSi. The molecule has 0 aliphatic heterocycles. The monoisotopic (exact) mass is 213 g/mol. The molecule has 1 N–H and O–H groups in total. The molecule has 1 aliphatic carbocycles. The standard InChI is InChI=1S/C12H27NSi/c1-11(2)13-9-12(7-6-8-12)10-14(3,4)5/h11,13H,6-10H2,1-5H3. The van der Waals surface area contributed by atoms with Crippen molar-refractivity contribution in [1.29, 1.82) is 0 Å². The van der Waals surface area contributed by atoms with Crippen LogP contribution in [0.15, 0.2) is 0 Å². The van der Waals surface area contributed by atoms with Crippen molar-refractivity contribution in [2.45, 2.75) is 64.8 Å². The Kier molecular flexibility index (Phi) is 3.81. The number of nitrogens with one attached hydrogen (secondary N) is 1. The molecule has 0 aromatic heterocycles. The lowest BCUT2D eigenvalue weighted by Gasteiger charge is -2.46. The minimum Gasteiger partial charge on any atom is -0.314 e. The van der Waals surface area contributed by atoms with Crippen LogP contribution in [-0.2, 0) is 0 Å². The van der Waals surface area contributed by atoms with Gasteiger partial charge in [0.05, 0.1) is 0 Å². The quantitative estimate of drug-likeness (QED) is 0.689. The van der Waals surface area contributed by atoms with Crippen LogP contribution in [0, 0.1) is 5.41 Å². The molecule has 0 heterocycles. The zero-order valence-corrected chi connectivity index (χ0v) is 11.6. The first kappa shape index (κ1) is 12.2. The second-order valence-corrected chi connectivity index (χ2v) is 12.1. The Labute approximate surface area is 90.7 Å². The topological polar surface area (TPSA) is 12.0 Å². The summed E-state index contributed by atoms with van der Waals surface area (Å²) in [5, 5.41) is 3.63. The molecule has 0 aromatic carbocycles. The first-order valence-corrected chi connectivity index (χ1v) is 9.77. The van der Waals surface area contributed by atoms with E-state index in [1.165, 1.54) is 31.9 Å². The van der Waals surface area contributed by atoms with Crippen molar-refractivity contribution in [1.82, 2.24) is 5.32 Å². The summed E-state index contributed by atoms with van der Waals surface area (Å²) in [7, 11) is -0.874. The summed E-state index contributed by atoms with van der Waals surface area (Å²) < 4.78 is 0. The van der Waals surface area contributed by atoms with Gasteiger partial charge in [-0.2, -0.15) is 0 Å². The van der Waals surface area contributed by atoms with Crippen molar-refractivity contribution in [3.05, 3.63) is 0 Å². The Morgan fingerprint density at radius 3 is 2.07 bits per heavy atom. The van der Waals surface area contributed by atoms with E-state index in [0.29, 0.717) is 11.5 Å². The molecule has 0 saturated heterocycles. The highest BCUT2D eigenvalue weighted by Gasteiger charge is 2.40. The van der Waals surface area contributed by atoms with Gasteiger partial charge in [-0.15, -0.1) is 0 Å². The van der Waals surface area contributed by atoms with E-state index in [0.717, 1.165) is 0 Å². The van der Waals surface area contributed by atoms with Crippen LogP contribution in [0.1, 0.15) is 33.1 Å². The van der Waals surface area contributed by atoms with Gasteiger partial charge in [0.2, 0.25) is 0 Å². The van der Waals surface area contributed by atoms with Gasteiger partial charge in [0.1, 0.15) is 0 Å². The van der Waals surface area contributed by atoms with Crippen LogP contribution in [0.4, 0.5) is 0 Å². The van der Waals surface area contributed by atoms with Gasteiger partial charge in [-0.1, -0.05) is 46.0 Å². The van der Waals surface area contributed by atoms with Crippen LogP contribution in [0.2, 0.25) is 25.7 Å². The van der Waals surface area contributed by atoms with Crippen molar-refractivity contribution >= 4 is 8.07 Å². The lowest BCUT2D eigenvalue weighted by atomic mass is 9.70. The van der Waals surface area contributed by atoms with Crippen molar-refractivity contribution in [2.24, 2.45) is 5.41 Å². The summed E-state index contributed by atoms with van der Waals surface area (Å²) in [6.45, 7) is 13.3. The third kappa shape index (κ3) is 3.74. The highest BCUT2D eigenvalue weighted by Crippen LogP contribution is 2.46. The minimum atomic E-state index is -0.874. The van der Waals surface area contributed by atoms with Gasteiger partial charge in [-0.05, 0) is 18.3 Å². The third-order valence-electron chi connectivity index (χ3n) is 3.20. The molecule has 0 aromatic rings. The molecule has 1 nitrogen and oxygen atoms in total. The molecule has 1 rings (SSSR count). The van der Waals surface area contributed by atoms with Crippen LogP contribution in [-0.4, -0.2) is 20.7 Å². The number of hydrogen-bond donors (Lipinski definition) is 1. The molecule has 14 heavy (non-hydrogen) atoms. The molecule has 2 heteroatoms. The van der Waals surface area contributed by atoms with E-state index >= 15 is 0 Å². The van der Waals surface area contributed by atoms with Crippen molar-refractivity contribution in [3.63, 3.8) is 0 Å². The maximum absolute atomic E-state index is 3.63. The lowest BCUT2D eigenvalue weighted by Crippen LogP contribution is -2.46. The van der Waals surface area contributed by atoms with Gasteiger partial charge in [-0.25, -0.2) is 0 Å². The van der Waals surface area contributed by atoms with Crippen LogP contribution >= 0.6 is 0 Å². The van der Waals surface area contributed by atoms with E-state index in [-0.39, 0.29) is 0 Å². The highest BCUT2D eigenvalue weighted by atomic mass is 28.3. The van der Waals surface area contributed by atoms with Gasteiger partial charge < -0.3 is 5.32 Å². The Bertz CT molecular complexity index is 177. The molecule has 84 valence electrons. The second-order valence-electron chi connectivity index (χ2n) is 6.63. The van der Waals surface area contributed by atoms with E-state index < -0.39 is 8.07 Å². The maximum Gasteiger partial charge on any atom is 0.0448 e. The third-order valence-corrected chi connectivity index (χ3v) is 5.02. The lowest BCUT2D eigenvalue weighted by molar-refractivity contribution is 0.151. The fourth-order valence-corrected chi connectivity index (χ4v) is 5.37. The average molecular weight is 213 g/mol. The fourth-order valence-electron chi connectivity index (χ4n) is 2.64. The summed E-state index contributed by atoms with van der Waals surface area (Å²) in [5.74, 6) is 0. The molecule has 0 spiro atoms. The Morgan fingerprint density at radius 1 is 1.21 bits per heavy atom. The first-order valence-electron chi connectivity index (χ1n) is 6.06. The van der Waals surface area contributed by atoms with Crippen molar-refractivity contribution < 1.29 is 0 Å². The summed E-state index contributed by atoms with van der Waals surface area (Å²) in [5.41, 5.74) is 0.689. The molecule has 1 fully saturated rings. The van der Waals surface area contributed by atoms with E-state index in [9.17, 15) is 0 Å². The first-order chi connectivity index (χ1) is 6.33. The van der Waals surface area contributed by atoms with Gasteiger partial charge in [0, 0.05) is 20.7 Å². The molecule has 1 saturated carbocycles. The molecule has 1 aliphatic rings. The van der Waals surface area contributed by atoms with Crippen LogP contribution in [0.5, 0.6) is 0 Å². The number of hydrogen-bond acceptors (Lipinski definition) is 1. The van der Waals surface area contributed by atoms with Gasteiger partial charge in [0.15, 0.2) is 0 Å². The Hall–Kier alpha value is 0.177. The van der Waals surface area contributed by atoms with Gasteiger partial charge in [-0.3, -0.25) is 0 Å². The number of rotatable bonds is 5. The average Bonchev–Trinajstić information content (AvgIpc) is 1.92. The Morgan fingerprint density at radius 2 is 1.79 bits per heavy atom. The van der Waals surface area contributed by atoms with Gasteiger partial charge in [0.25, 0.3) is 0 Å². The van der Waals surface area contributed by atoms with Crippen LogP contribution < -0.4 is 5.32 Å². The van der Waals surface area contributed by atoms with E-state index in [2.05, 4.69) is 38.8 Å². The molecule has 0 amide bonds. The predicted octanol–water partition coefficient (Wildman–Crippen LogP) is 3.49. The predicted molar refractivity (Wildman–Crippen MR) is 67.6 cm³/mol. The molecule has 0 radical (unpaired) electrons. The summed E-state index contributed by atoms with van der Waals surface area (Å²) in [6.07, 6.45) is 4.40. The molecular weight excluding hydrogens is 186 g/mol. The highest BCUT2D eigenvalue weighted by molar-refractivity contribution is 6.76. The van der Waals surface area contributed by atoms with Gasteiger partial charge >= 0.3 is 0 Å². The second kappa shape index (κ2) is 4.36. The molecule has 0 atom stereocenters. The van der Waals surface area contributed by atoms with Crippen molar-refractivity contribution in [2.75, 3.05) is 6.54 Å². The van der Waals surface area contributed by atoms with E-state index in [4.69, 9.17) is 0 Å². The summed E-state index contributed by atoms with van der Waals surface area (Å²) >= 11 is 0. The smallest absolute Gasteiger partial charge is 0.0448 e. The van der Waals surface area contributed by atoms with Crippen LogP contribution in [0.3, 0.4) is 0 Å². The summed E-state index contributed by atoms with van der Waals surface area (Å²) in [6, 6.07) is 2.16. The van der Waals surface area contributed by atoms with Crippen molar-refractivity contribution in [3.8, 4) is 0 Å². The zero-order valence-electron chi connectivity index (χ0n) is 10.6. The molecule has 0 bridgehead atoms. The normalized spacial score (nSPS) is 21.0. The zero-order chi connectivity index (χ0) is 10.8.